The third-order valence-electron chi connectivity index (χ3n) is 2.90. The van der Waals surface area contributed by atoms with Crippen LogP contribution in [-0.2, 0) is 6.54 Å². The van der Waals surface area contributed by atoms with Crippen LogP contribution in [0.5, 0.6) is 0 Å². The quantitative estimate of drug-likeness (QED) is 0.883. The molecule has 1 aromatic heterocycles. The predicted octanol–water partition coefficient (Wildman–Crippen LogP) is 3.59. The van der Waals surface area contributed by atoms with Gasteiger partial charge in [0, 0.05) is 31.4 Å². The van der Waals surface area contributed by atoms with Crippen molar-refractivity contribution in [3.63, 3.8) is 0 Å². The molecular formula is C15H19ClN4. The SMILES string of the molecule is CCCNc1nccc(N(C)Cc2ccc(Cl)cc2)n1. The molecule has 1 aromatic carbocycles. The maximum Gasteiger partial charge on any atom is 0.224 e. The molecule has 20 heavy (non-hydrogen) atoms. The lowest BCUT2D eigenvalue weighted by Gasteiger charge is -2.18. The summed E-state index contributed by atoms with van der Waals surface area (Å²) in [6, 6.07) is 9.76. The van der Waals surface area contributed by atoms with Gasteiger partial charge in [-0.3, -0.25) is 0 Å². The molecule has 0 atom stereocenters. The van der Waals surface area contributed by atoms with Gasteiger partial charge in [0.2, 0.25) is 5.95 Å². The van der Waals surface area contributed by atoms with Gasteiger partial charge in [-0.15, -0.1) is 0 Å². The minimum Gasteiger partial charge on any atom is -0.355 e. The fourth-order valence-corrected chi connectivity index (χ4v) is 1.95. The molecule has 4 nitrogen and oxygen atoms in total. The lowest BCUT2D eigenvalue weighted by molar-refractivity contribution is 0.884. The number of rotatable bonds is 6. The molecule has 0 saturated heterocycles. The molecule has 1 N–H and O–H groups in total. The summed E-state index contributed by atoms with van der Waals surface area (Å²) in [5.41, 5.74) is 1.19. The molecule has 0 fully saturated rings. The van der Waals surface area contributed by atoms with Gasteiger partial charge in [-0.05, 0) is 30.2 Å². The van der Waals surface area contributed by atoms with Gasteiger partial charge >= 0.3 is 0 Å². The second-order valence-corrected chi connectivity index (χ2v) is 5.08. The zero-order chi connectivity index (χ0) is 14.4. The average Bonchev–Trinajstić information content (AvgIpc) is 2.48. The number of hydrogen-bond acceptors (Lipinski definition) is 4. The number of hydrogen-bond donors (Lipinski definition) is 1. The molecule has 0 saturated carbocycles. The molecule has 106 valence electrons. The lowest BCUT2D eigenvalue weighted by Crippen LogP contribution is -2.18. The highest BCUT2D eigenvalue weighted by Gasteiger charge is 2.05. The summed E-state index contributed by atoms with van der Waals surface area (Å²) in [6.07, 6.45) is 2.83. The van der Waals surface area contributed by atoms with E-state index in [9.17, 15) is 0 Å². The Morgan fingerprint density at radius 1 is 1.20 bits per heavy atom. The van der Waals surface area contributed by atoms with E-state index < -0.39 is 0 Å². The van der Waals surface area contributed by atoms with Crippen LogP contribution in [-0.4, -0.2) is 23.6 Å². The molecule has 0 bridgehead atoms. The number of halogens is 1. The normalized spacial score (nSPS) is 10.3. The molecule has 2 rings (SSSR count). The van der Waals surface area contributed by atoms with Crippen molar-refractivity contribution in [1.82, 2.24) is 9.97 Å². The number of nitrogens with one attached hydrogen (secondary N) is 1. The van der Waals surface area contributed by atoms with Gasteiger partial charge in [0.1, 0.15) is 5.82 Å². The van der Waals surface area contributed by atoms with Crippen LogP contribution in [0.3, 0.4) is 0 Å². The minimum absolute atomic E-state index is 0.673. The molecule has 0 unspecified atom stereocenters. The average molecular weight is 291 g/mol. The number of anilines is 2. The summed E-state index contributed by atoms with van der Waals surface area (Å²) in [7, 11) is 2.01. The van der Waals surface area contributed by atoms with Crippen molar-refractivity contribution in [2.24, 2.45) is 0 Å². The molecule has 0 amide bonds. The van der Waals surface area contributed by atoms with E-state index in [-0.39, 0.29) is 0 Å². The molecule has 0 aliphatic carbocycles. The highest BCUT2D eigenvalue weighted by atomic mass is 35.5. The van der Waals surface area contributed by atoms with Crippen LogP contribution in [0.2, 0.25) is 5.02 Å². The third kappa shape index (κ3) is 4.10. The van der Waals surface area contributed by atoms with Crippen LogP contribution in [0.25, 0.3) is 0 Å². The first-order chi connectivity index (χ1) is 9.69. The van der Waals surface area contributed by atoms with Crippen LogP contribution < -0.4 is 10.2 Å². The summed E-state index contributed by atoms with van der Waals surface area (Å²) >= 11 is 5.89. The smallest absolute Gasteiger partial charge is 0.224 e. The summed E-state index contributed by atoms with van der Waals surface area (Å²) < 4.78 is 0. The summed E-state index contributed by atoms with van der Waals surface area (Å²) in [5, 5.41) is 3.95. The Kier molecular flexibility index (Phi) is 5.18. The topological polar surface area (TPSA) is 41.1 Å². The zero-order valence-electron chi connectivity index (χ0n) is 11.8. The van der Waals surface area contributed by atoms with Crippen molar-refractivity contribution in [3.8, 4) is 0 Å². The van der Waals surface area contributed by atoms with Crippen molar-refractivity contribution < 1.29 is 0 Å². The van der Waals surface area contributed by atoms with Gasteiger partial charge < -0.3 is 10.2 Å². The fraction of sp³-hybridized carbons (Fsp3) is 0.333. The largest absolute Gasteiger partial charge is 0.355 e. The van der Waals surface area contributed by atoms with Gasteiger partial charge in [-0.2, -0.15) is 4.98 Å². The summed E-state index contributed by atoms with van der Waals surface area (Å²) in [4.78, 5) is 10.8. The van der Waals surface area contributed by atoms with Crippen LogP contribution in [0.1, 0.15) is 18.9 Å². The molecule has 0 spiro atoms. The Morgan fingerprint density at radius 2 is 1.95 bits per heavy atom. The Labute approximate surface area is 124 Å². The van der Waals surface area contributed by atoms with Crippen LogP contribution in [0, 0.1) is 0 Å². The number of benzene rings is 1. The van der Waals surface area contributed by atoms with E-state index in [0.717, 1.165) is 30.4 Å². The van der Waals surface area contributed by atoms with Gasteiger partial charge in [0.15, 0.2) is 0 Å². The van der Waals surface area contributed by atoms with Crippen molar-refractivity contribution in [1.29, 1.82) is 0 Å². The van der Waals surface area contributed by atoms with Crippen LogP contribution in [0.15, 0.2) is 36.5 Å². The van der Waals surface area contributed by atoms with Gasteiger partial charge in [0.25, 0.3) is 0 Å². The Morgan fingerprint density at radius 3 is 2.65 bits per heavy atom. The van der Waals surface area contributed by atoms with Gasteiger partial charge in [0.05, 0.1) is 0 Å². The third-order valence-corrected chi connectivity index (χ3v) is 3.15. The van der Waals surface area contributed by atoms with E-state index in [1.807, 2.05) is 37.4 Å². The monoisotopic (exact) mass is 290 g/mol. The van der Waals surface area contributed by atoms with Crippen molar-refractivity contribution in [3.05, 3.63) is 47.1 Å². The van der Waals surface area contributed by atoms with E-state index in [2.05, 4.69) is 27.1 Å². The van der Waals surface area contributed by atoms with Crippen molar-refractivity contribution in [2.45, 2.75) is 19.9 Å². The molecule has 0 aliphatic rings. The van der Waals surface area contributed by atoms with E-state index in [1.54, 1.807) is 6.20 Å². The second kappa shape index (κ2) is 7.10. The molecule has 0 aliphatic heterocycles. The molecule has 0 radical (unpaired) electrons. The maximum atomic E-state index is 5.89. The first kappa shape index (κ1) is 14.6. The van der Waals surface area contributed by atoms with E-state index >= 15 is 0 Å². The highest BCUT2D eigenvalue weighted by molar-refractivity contribution is 6.30. The highest BCUT2D eigenvalue weighted by Crippen LogP contribution is 2.15. The number of aromatic nitrogens is 2. The molecule has 2 aromatic rings. The lowest BCUT2D eigenvalue weighted by atomic mass is 10.2. The Bertz CT molecular complexity index is 542. The number of nitrogens with zero attached hydrogens (tertiary/aromatic N) is 3. The first-order valence-corrected chi connectivity index (χ1v) is 7.09. The van der Waals surface area contributed by atoms with E-state index in [1.165, 1.54) is 5.56 Å². The Balaban J connectivity index is 2.04. The summed E-state index contributed by atoms with van der Waals surface area (Å²) in [6.45, 7) is 3.77. The summed E-state index contributed by atoms with van der Waals surface area (Å²) in [5.74, 6) is 1.57. The fourth-order valence-electron chi connectivity index (χ4n) is 1.83. The second-order valence-electron chi connectivity index (χ2n) is 4.65. The Hall–Kier alpha value is -1.81. The molecular weight excluding hydrogens is 272 g/mol. The van der Waals surface area contributed by atoms with Crippen LogP contribution in [0.4, 0.5) is 11.8 Å². The molecule has 5 heteroatoms. The van der Waals surface area contributed by atoms with E-state index in [0.29, 0.717) is 5.95 Å². The first-order valence-electron chi connectivity index (χ1n) is 6.71. The van der Waals surface area contributed by atoms with E-state index in [4.69, 9.17) is 11.6 Å². The van der Waals surface area contributed by atoms with Gasteiger partial charge in [-0.25, -0.2) is 4.98 Å². The van der Waals surface area contributed by atoms with Crippen molar-refractivity contribution in [2.75, 3.05) is 23.8 Å². The predicted molar refractivity (Wildman–Crippen MR) is 84.4 cm³/mol. The molecule has 1 heterocycles. The van der Waals surface area contributed by atoms with Gasteiger partial charge in [-0.1, -0.05) is 30.7 Å². The van der Waals surface area contributed by atoms with Crippen LogP contribution >= 0.6 is 11.6 Å². The van der Waals surface area contributed by atoms with Crippen molar-refractivity contribution >= 4 is 23.4 Å². The minimum atomic E-state index is 0.673. The maximum absolute atomic E-state index is 5.89. The zero-order valence-corrected chi connectivity index (χ0v) is 12.6. The standard InChI is InChI=1S/C15H19ClN4/c1-3-9-17-15-18-10-8-14(19-15)20(2)11-12-4-6-13(16)7-5-12/h4-8,10H,3,9,11H2,1-2H3,(H,17,18,19).